The summed E-state index contributed by atoms with van der Waals surface area (Å²) in [7, 11) is 0. The molecule has 0 aliphatic heterocycles. The molecule has 2 aromatic rings. The highest BCUT2D eigenvalue weighted by atomic mass is 32.1. The van der Waals surface area contributed by atoms with E-state index in [1.807, 2.05) is 18.2 Å². The Kier molecular flexibility index (Phi) is 4.44. The molecule has 0 saturated heterocycles. The van der Waals surface area contributed by atoms with Crippen LogP contribution in [0, 0.1) is 0 Å². The predicted octanol–water partition coefficient (Wildman–Crippen LogP) is 2.60. The van der Waals surface area contributed by atoms with E-state index < -0.39 is 5.97 Å². The number of aromatic nitrogens is 1. The highest BCUT2D eigenvalue weighted by molar-refractivity contribution is 7.13. The fourth-order valence-electron chi connectivity index (χ4n) is 1.47. The van der Waals surface area contributed by atoms with Crippen molar-refractivity contribution in [3.63, 3.8) is 0 Å². The molecular formula is C13H13NO3S. The lowest BCUT2D eigenvalue weighted by Gasteiger charge is -2.01. The number of aromatic carboxylic acids is 1. The molecule has 0 fully saturated rings. The summed E-state index contributed by atoms with van der Waals surface area (Å²) in [6.07, 6.45) is 2.52. The standard InChI is InChI=1S/C13H13NO3S/c15-13(16)12-5-4-11(18-12)9-17-8-6-10-3-1-2-7-14-10/h1-5,7H,6,8-9H2,(H,15,16). The Morgan fingerprint density at radius 1 is 1.33 bits per heavy atom. The highest BCUT2D eigenvalue weighted by Crippen LogP contribution is 2.17. The largest absolute Gasteiger partial charge is 0.477 e. The molecular weight excluding hydrogens is 250 g/mol. The Bertz CT molecular complexity index is 510. The van der Waals surface area contributed by atoms with Crippen molar-refractivity contribution in [3.05, 3.63) is 52.0 Å². The topological polar surface area (TPSA) is 59.4 Å². The zero-order chi connectivity index (χ0) is 12.8. The molecule has 2 rings (SSSR count). The summed E-state index contributed by atoms with van der Waals surface area (Å²) >= 11 is 1.25. The van der Waals surface area contributed by atoms with Gasteiger partial charge < -0.3 is 9.84 Å². The van der Waals surface area contributed by atoms with E-state index >= 15 is 0 Å². The predicted molar refractivity (Wildman–Crippen MR) is 68.9 cm³/mol. The van der Waals surface area contributed by atoms with Gasteiger partial charge in [0.15, 0.2) is 0 Å². The number of carbonyl (C=O) groups is 1. The number of carboxylic acid groups (broad SMARTS) is 1. The summed E-state index contributed by atoms with van der Waals surface area (Å²) in [5.41, 5.74) is 0.995. The number of thiophene rings is 1. The maximum absolute atomic E-state index is 10.7. The summed E-state index contributed by atoms with van der Waals surface area (Å²) in [6, 6.07) is 9.17. The average Bonchev–Trinajstić information content (AvgIpc) is 2.85. The molecule has 0 bridgehead atoms. The minimum Gasteiger partial charge on any atom is -0.477 e. The molecule has 0 saturated carbocycles. The van der Waals surface area contributed by atoms with Gasteiger partial charge in [-0.3, -0.25) is 4.98 Å². The molecule has 0 amide bonds. The van der Waals surface area contributed by atoms with Gasteiger partial charge in [-0.25, -0.2) is 4.79 Å². The van der Waals surface area contributed by atoms with Gasteiger partial charge in [-0.1, -0.05) is 6.07 Å². The van der Waals surface area contributed by atoms with E-state index in [4.69, 9.17) is 9.84 Å². The van der Waals surface area contributed by atoms with Crippen LogP contribution in [0.5, 0.6) is 0 Å². The van der Waals surface area contributed by atoms with Crippen LogP contribution in [0.1, 0.15) is 20.2 Å². The first-order valence-electron chi connectivity index (χ1n) is 5.55. The normalized spacial score (nSPS) is 10.4. The third-order valence-electron chi connectivity index (χ3n) is 2.35. The van der Waals surface area contributed by atoms with Crippen molar-refractivity contribution in [2.75, 3.05) is 6.61 Å². The SMILES string of the molecule is O=C(O)c1ccc(COCCc2ccccn2)s1. The molecule has 0 spiro atoms. The average molecular weight is 263 g/mol. The zero-order valence-electron chi connectivity index (χ0n) is 9.70. The summed E-state index contributed by atoms with van der Waals surface area (Å²) in [5.74, 6) is -0.889. The van der Waals surface area contributed by atoms with Gasteiger partial charge in [0, 0.05) is 23.2 Å². The molecule has 0 aliphatic carbocycles. The van der Waals surface area contributed by atoms with Crippen LogP contribution < -0.4 is 0 Å². The lowest BCUT2D eigenvalue weighted by molar-refractivity contribution is 0.0702. The molecule has 0 radical (unpaired) electrons. The van der Waals surface area contributed by atoms with E-state index in [2.05, 4.69) is 4.98 Å². The molecule has 1 N–H and O–H groups in total. The van der Waals surface area contributed by atoms with Crippen molar-refractivity contribution in [1.29, 1.82) is 0 Å². The van der Waals surface area contributed by atoms with Gasteiger partial charge in [0.25, 0.3) is 0 Å². The molecule has 5 heteroatoms. The number of carboxylic acids is 1. The number of hydrogen-bond acceptors (Lipinski definition) is 4. The number of rotatable bonds is 6. The summed E-state index contributed by atoms with van der Waals surface area (Å²) < 4.78 is 5.49. The maximum Gasteiger partial charge on any atom is 0.345 e. The smallest absolute Gasteiger partial charge is 0.345 e. The van der Waals surface area contributed by atoms with E-state index in [1.165, 1.54) is 11.3 Å². The molecule has 0 atom stereocenters. The van der Waals surface area contributed by atoms with Crippen LogP contribution in [0.15, 0.2) is 36.5 Å². The highest BCUT2D eigenvalue weighted by Gasteiger charge is 2.06. The van der Waals surface area contributed by atoms with E-state index in [0.29, 0.717) is 18.1 Å². The van der Waals surface area contributed by atoms with Gasteiger partial charge in [0.2, 0.25) is 0 Å². The Hall–Kier alpha value is -1.72. The first-order chi connectivity index (χ1) is 8.75. The monoisotopic (exact) mass is 263 g/mol. The van der Waals surface area contributed by atoms with Gasteiger partial charge >= 0.3 is 5.97 Å². The van der Waals surface area contributed by atoms with Crippen LogP contribution in [0.25, 0.3) is 0 Å². The van der Waals surface area contributed by atoms with E-state index in [1.54, 1.807) is 18.3 Å². The van der Waals surface area contributed by atoms with Crippen LogP contribution in [0.2, 0.25) is 0 Å². The lowest BCUT2D eigenvalue weighted by atomic mass is 10.3. The Morgan fingerprint density at radius 2 is 2.22 bits per heavy atom. The first-order valence-corrected chi connectivity index (χ1v) is 6.37. The van der Waals surface area contributed by atoms with Crippen LogP contribution in [-0.4, -0.2) is 22.7 Å². The molecule has 2 heterocycles. The van der Waals surface area contributed by atoms with E-state index in [0.717, 1.165) is 17.0 Å². The molecule has 2 aromatic heterocycles. The fourth-order valence-corrected chi connectivity index (χ4v) is 2.25. The first kappa shape index (κ1) is 12.7. The van der Waals surface area contributed by atoms with Crippen LogP contribution >= 0.6 is 11.3 Å². The van der Waals surface area contributed by atoms with Crippen molar-refractivity contribution in [2.24, 2.45) is 0 Å². The van der Waals surface area contributed by atoms with Crippen molar-refractivity contribution < 1.29 is 14.6 Å². The fraction of sp³-hybridized carbons (Fsp3) is 0.231. The van der Waals surface area contributed by atoms with Gasteiger partial charge in [-0.2, -0.15) is 0 Å². The zero-order valence-corrected chi connectivity index (χ0v) is 10.5. The number of ether oxygens (including phenoxy) is 1. The van der Waals surface area contributed by atoms with Crippen LogP contribution in [0.4, 0.5) is 0 Å². The Balaban J connectivity index is 1.73. The summed E-state index contributed by atoms with van der Waals surface area (Å²) in [4.78, 5) is 16.2. The van der Waals surface area contributed by atoms with E-state index in [-0.39, 0.29) is 0 Å². The lowest BCUT2D eigenvalue weighted by Crippen LogP contribution is -1.99. The van der Waals surface area contributed by atoms with Gasteiger partial charge in [0.1, 0.15) is 4.88 Å². The van der Waals surface area contributed by atoms with E-state index in [9.17, 15) is 4.79 Å². The number of nitrogens with zero attached hydrogens (tertiary/aromatic N) is 1. The van der Waals surface area contributed by atoms with Gasteiger partial charge in [-0.15, -0.1) is 11.3 Å². The minimum atomic E-state index is -0.889. The second-order valence-electron chi connectivity index (χ2n) is 3.69. The van der Waals surface area contributed by atoms with Crippen molar-refractivity contribution in [2.45, 2.75) is 13.0 Å². The van der Waals surface area contributed by atoms with Crippen LogP contribution in [0.3, 0.4) is 0 Å². The minimum absolute atomic E-state index is 0.346. The van der Waals surface area contributed by atoms with Gasteiger partial charge in [-0.05, 0) is 24.3 Å². The summed E-state index contributed by atoms with van der Waals surface area (Å²) in [5, 5.41) is 8.78. The molecule has 0 aliphatic rings. The third-order valence-corrected chi connectivity index (χ3v) is 3.39. The second-order valence-corrected chi connectivity index (χ2v) is 4.86. The number of hydrogen-bond donors (Lipinski definition) is 1. The molecule has 0 unspecified atom stereocenters. The van der Waals surface area contributed by atoms with Gasteiger partial charge in [0.05, 0.1) is 13.2 Å². The van der Waals surface area contributed by atoms with Crippen molar-refractivity contribution >= 4 is 17.3 Å². The molecule has 4 nitrogen and oxygen atoms in total. The van der Waals surface area contributed by atoms with Crippen molar-refractivity contribution in [3.8, 4) is 0 Å². The second kappa shape index (κ2) is 6.28. The molecule has 0 aromatic carbocycles. The quantitative estimate of drug-likeness (QED) is 0.814. The maximum atomic E-state index is 10.7. The third kappa shape index (κ3) is 3.65. The summed E-state index contributed by atoms with van der Waals surface area (Å²) in [6.45, 7) is 1.03. The molecule has 18 heavy (non-hydrogen) atoms. The van der Waals surface area contributed by atoms with Crippen molar-refractivity contribution in [1.82, 2.24) is 4.98 Å². The Labute approximate surface area is 109 Å². The number of pyridine rings is 1. The molecule has 94 valence electrons. The van der Waals surface area contributed by atoms with Crippen LogP contribution in [-0.2, 0) is 17.8 Å². The Morgan fingerprint density at radius 3 is 2.89 bits per heavy atom.